The number of carbonyl (C=O) groups excluding carboxylic acids is 1. The zero-order chi connectivity index (χ0) is 15.0. The summed E-state index contributed by atoms with van der Waals surface area (Å²) in [6.07, 6.45) is -8.94. The van der Waals surface area contributed by atoms with Crippen molar-refractivity contribution in [1.29, 1.82) is 0 Å². The molecule has 0 saturated heterocycles. The van der Waals surface area contributed by atoms with Crippen molar-refractivity contribution < 1.29 is 31.7 Å². The quantitative estimate of drug-likeness (QED) is 0.371. The average molecular weight is 305 g/mol. The average Bonchev–Trinajstić information content (AvgIpc) is 2.25. The third-order valence-electron chi connectivity index (χ3n) is 1.98. The second kappa shape index (κ2) is 5.03. The van der Waals surface area contributed by atoms with Crippen LogP contribution in [-0.2, 0) is 6.18 Å². The first-order chi connectivity index (χ1) is 8.57. The maximum atomic E-state index is 12.7. The van der Waals surface area contributed by atoms with Crippen LogP contribution < -0.4 is 0 Å². The second-order valence-corrected chi connectivity index (χ2v) is 3.45. The van der Waals surface area contributed by atoms with Gasteiger partial charge < -0.3 is 0 Å². The van der Waals surface area contributed by atoms with Crippen LogP contribution >= 0.6 is 11.6 Å². The fourth-order valence-corrected chi connectivity index (χ4v) is 1.49. The number of alkyl halides is 5. The Hall–Kier alpha value is -1.84. The van der Waals surface area contributed by atoms with Crippen LogP contribution in [0.15, 0.2) is 6.20 Å². The summed E-state index contributed by atoms with van der Waals surface area (Å²) >= 11 is 4.81. The molecule has 0 bridgehead atoms. The van der Waals surface area contributed by atoms with Gasteiger partial charge in [-0.1, -0.05) is 0 Å². The van der Waals surface area contributed by atoms with E-state index in [4.69, 9.17) is 11.6 Å². The topological polar surface area (TPSA) is 73.1 Å². The summed E-state index contributed by atoms with van der Waals surface area (Å²) in [7, 11) is 0. The number of nitro groups is 1. The number of halogens is 6. The molecule has 0 atom stereocenters. The molecule has 0 aromatic carbocycles. The number of pyridine rings is 1. The first-order valence-corrected chi connectivity index (χ1v) is 4.67. The van der Waals surface area contributed by atoms with Gasteiger partial charge in [-0.3, -0.25) is 14.9 Å². The van der Waals surface area contributed by atoms with E-state index in [1.165, 1.54) is 0 Å². The zero-order valence-corrected chi connectivity index (χ0v) is 9.30. The summed E-state index contributed by atoms with van der Waals surface area (Å²) in [5.74, 6) is 0. The molecule has 1 rings (SSSR count). The third kappa shape index (κ3) is 2.95. The lowest BCUT2D eigenvalue weighted by atomic mass is 10.1. The summed E-state index contributed by atoms with van der Waals surface area (Å²) in [6, 6.07) is 0. The Morgan fingerprint density at radius 3 is 2.26 bits per heavy atom. The Balaban J connectivity index is 3.79. The Bertz CT molecular complexity index is 546. The van der Waals surface area contributed by atoms with Gasteiger partial charge in [0.1, 0.15) is 11.8 Å². The number of nitrogens with zero attached hydrogens (tertiary/aromatic N) is 2. The highest BCUT2D eigenvalue weighted by Gasteiger charge is 2.42. The van der Waals surface area contributed by atoms with Crippen LogP contribution in [0.2, 0.25) is 0 Å². The van der Waals surface area contributed by atoms with E-state index in [2.05, 4.69) is 4.98 Å². The molecule has 1 aromatic heterocycles. The Kier molecular flexibility index (Phi) is 4.03. The minimum absolute atomic E-state index is 0.00758. The molecular formula is C8H2ClF5N2O3. The molecule has 104 valence electrons. The highest BCUT2D eigenvalue weighted by atomic mass is 35.5. The van der Waals surface area contributed by atoms with E-state index in [1.807, 2.05) is 0 Å². The van der Waals surface area contributed by atoms with Crippen LogP contribution in [0.5, 0.6) is 0 Å². The van der Waals surface area contributed by atoms with Crippen molar-refractivity contribution in [3.63, 3.8) is 0 Å². The molecule has 1 heterocycles. The normalized spacial score (nSPS) is 11.7. The number of rotatable bonds is 3. The van der Waals surface area contributed by atoms with E-state index in [1.54, 1.807) is 0 Å². The van der Waals surface area contributed by atoms with E-state index in [0.29, 0.717) is 0 Å². The van der Waals surface area contributed by atoms with Crippen LogP contribution in [0.3, 0.4) is 0 Å². The molecule has 0 aliphatic carbocycles. The summed E-state index contributed by atoms with van der Waals surface area (Å²) in [5.41, 5.74) is -6.81. The fourth-order valence-electron chi connectivity index (χ4n) is 1.30. The lowest BCUT2D eigenvalue weighted by molar-refractivity contribution is -0.386. The fraction of sp³-hybridized carbons (Fsp3) is 0.250. The molecule has 0 saturated carbocycles. The molecule has 11 heteroatoms. The molecule has 0 aliphatic heterocycles. The number of hydrogen-bond donors (Lipinski definition) is 0. The smallest absolute Gasteiger partial charge is 0.276 e. The van der Waals surface area contributed by atoms with Gasteiger partial charge in [0, 0.05) is 0 Å². The van der Waals surface area contributed by atoms with Crippen molar-refractivity contribution in [3.8, 4) is 0 Å². The van der Waals surface area contributed by atoms with E-state index in [0.717, 1.165) is 0 Å². The maximum Gasteiger partial charge on any atom is 0.434 e. The highest BCUT2D eigenvalue weighted by Crippen LogP contribution is 2.39. The molecule has 0 aliphatic rings. The standard InChI is InChI=1S/C8H2ClF5N2O3/c9-6(17)4-3(7(10)11)2(16(18)19)1-15-5(4)8(12,13)14/h1,7H. The van der Waals surface area contributed by atoms with Crippen LogP contribution in [0.4, 0.5) is 27.6 Å². The first kappa shape index (κ1) is 15.2. The molecule has 0 fully saturated rings. The SMILES string of the molecule is O=C(Cl)c1c(C(F)(F)F)ncc([N+](=O)[O-])c1C(F)F. The molecule has 19 heavy (non-hydrogen) atoms. The number of carbonyl (C=O) groups is 1. The molecule has 0 unspecified atom stereocenters. The summed E-state index contributed by atoms with van der Waals surface area (Å²) in [5, 5.41) is 8.55. The molecule has 1 aromatic rings. The minimum Gasteiger partial charge on any atom is -0.276 e. The van der Waals surface area contributed by atoms with E-state index in [9.17, 15) is 36.9 Å². The van der Waals surface area contributed by atoms with Gasteiger partial charge in [0.2, 0.25) is 0 Å². The van der Waals surface area contributed by atoms with Crippen LogP contribution in [0, 0.1) is 10.1 Å². The summed E-state index contributed by atoms with van der Waals surface area (Å²) < 4.78 is 62.8. The van der Waals surface area contributed by atoms with Gasteiger partial charge in [-0.2, -0.15) is 13.2 Å². The molecule has 0 amide bonds. The maximum absolute atomic E-state index is 12.7. The van der Waals surface area contributed by atoms with E-state index >= 15 is 0 Å². The van der Waals surface area contributed by atoms with Crippen molar-refractivity contribution in [1.82, 2.24) is 4.98 Å². The van der Waals surface area contributed by atoms with Crippen molar-refractivity contribution in [3.05, 3.63) is 33.1 Å². The van der Waals surface area contributed by atoms with Crippen LogP contribution in [-0.4, -0.2) is 15.1 Å². The van der Waals surface area contributed by atoms with Crippen molar-refractivity contribution >= 4 is 22.5 Å². The number of aromatic nitrogens is 1. The van der Waals surface area contributed by atoms with Gasteiger partial charge in [-0.05, 0) is 11.6 Å². The van der Waals surface area contributed by atoms with Crippen LogP contribution in [0.1, 0.15) is 28.0 Å². The monoisotopic (exact) mass is 304 g/mol. The molecule has 0 N–H and O–H groups in total. The van der Waals surface area contributed by atoms with Gasteiger partial charge in [-0.15, -0.1) is 0 Å². The predicted octanol–water partition coefficient (Wildman–Crippen LogP) is 3.33. The Morgan fingerprint density at radius 1 is 1.42 bits per heavy atom. The van der Waals surface area contributed by atoms with Crippen molar-refractivity contribution in [2.75, 3.05) is 0 Å². The lowest BCUT2D eigenvalue weighted by Crippen LogP contribution is -2.17. The van der Waals surface area contributed by atoms with Crippen LogP contribution in [0.25, 0.3) is 0 Å². The largest absolute Gasteiger partial charge is 0.434 e. The Morgan fingerprint density at radius 2 is 1.95 bits per heavy atom. The summed E-state index contributed by atoms with van der Waals surface area (Å²) in [6.45, 7) is 0. The second-order valence-electron chi connectivity index (χ2n) is 3.11. The van der Waals surface area contributed by atoms with Gasteiger partial charge >= 0.3 is 6.18 Å². The van der Waals surface area contributed by atoms with Crippen molar-refractivity contribution in [2.24, 2.45) is 0 Å². The lowest BCUT2D eigenvalue weighted by Gasteiger charge is -2.12. The van der Waals surface area contributed by atoms with Gasteiger partial charge in [-0.25, -0.2) is 13.8 Å². The molecule has 0 radical (unpaired) electrons. The molecule has 5 nitrogen and oxygen atoms in total. The van der Waals surface area contributed by atoms with Gasteiger partial charge in [0.25, 0.3) is 17.4 Å². The third-order valence-corrected chi connectivity index (χ3v) is 2.17. The first-order valence-electron chi connectivity index (χ1n) is 4.29. The summed E-state index contributed by atoms with van der Waals surface area (Å²) in [4.78, 5) is 22.6. The molecule has 0 spiro atoms. The van der Waals surface area contributed by atoms with Gasteiger partial charge in [0.05, 0.1) is 10.5 Å². The van der Waals surface area contributed by atoms with Gasteiger partial charge in [0.15, 0.2) is 5.69 Å². The highest BCUT2D eigenvalue weighted by molar-refractivity contribution is 6.68. The Labute approximate surface area is 106 Å². The van der Waals surface area contributed by atoms with E-state index < -0.39 is 45.3 Å². The zero-order valence-electron chi connectivity index (χ0n) is 8.54. The van der Waals surface area contributed by atoms with Crippen molar-refractivity contribution in [2.45, 2.75) is 12.6 Å². The predicted molar refractivity (Wildman–Crippen MR) is 51.0 cm³/mol. The minimum atomic E-state index is -5.25. The van der Waals surface area contributed by atoms with E-state index in [-0.39, 0.29) is 6.20 Å². The number of hydrogen-bond acceptors (Lipinski definition) is 4. The molecular weight excluding hydrogens is 303 g/mol.